The van der Waals surface area contributed by atoms with E-state index < -0.39 is 0 Å². The zero-order valence-corrected chi connectivity index (χ0v) is 12.3. The maximum Gasteiger partial charge on any atom is 0.137 e. The second-order valence-electron chi connectivity index (χ2n) is 5.94. The molecule has 1 aromatic carbocycles. The monoisotopic (exact) mass is 280 g/mol. The van der Waals surface area contributed by atoms with Gasteiger partial charge in [0.2, 0.25) is 0 Å². The van der Waals surface area contributed by atoms with Gasteiger partial charge in [-0.05, 0) is 39.0 Å². The van der Waals surface area contributed by atoms with Gasteiger partial charge in [0, 0.05) is 5.54 Å². The predicted octanol–water partition coefficient (Wildman–Crippen LogP) is 2.30. The first kappa shape index (κ1) is 13.3. The molecule has 6 heteroatoms. The Morgan fingerprint density at radius 2 is 2.10 bits per heavy atom. The fourth-order valence-electron chi connectivity index (χ4n) is 2.51. The molecule has 3 rings (SSSR count). The SMILES string of the molecule is CC(C)(C)n1c(Cn2cncn2)nc2cc(C#N)ccc21. The molecule has 0 radical (unpaired) electrons. The quantitative estimate of drug-likeness (QED) is 0.722. The van der Waals surface area contributed by atoms with E-state index in [9.17, 15) is 0 Å². The van der Waals surface area contributed by atoms with Crippen LogP contribution in [0.15, 0.2) is 30.9 Å². The summed E-state index contributed by atoms with van der Waals surface area (Å²) >= 11 is 0. The van der Waals surface area contributed by atoms with E-state index in [0.29, 0.717) is 12.1 Å². The topological polar surface area (TPSA) is 72.3 Å². The first-order valence-electron chi connectivity index (χ1n) is 6.73. The summed E-state index contributed by atoms with van der Waals surface area (Å²) in [6, 6.07) is 7.76. The summed E-state index contributed by atoms with van der Waals surface area (Å²) in [5.74, 6) is 0.901. The molecule has 0 amide bonds. The first-order chi connectivity index (χ1) is 9.99. The molecule has 6 nitrogen and oxygen atoms in total. The molecule has 0 fully saturated rings. The first-order valence-corrected chi connectivity index (χ1v) is 6.73. The Labute approximate surface area is 122 Å². The van der Waals surface area contributed by atoms with Crippen LogP contribution < -0.4 is 0 Å². The fraction of sp³-hybridized carbons (Fsp3) is 0.333. The smallest absolute Gasteiger partial charge is 0.137 e. The second-order valence-corrected chi connectivity index (χ2v) is 5.94. The summed E-state index contributed by atoms with van der Waals surface area (Å²) in [6.45, 7) is 6.96. The molecular formula is C15H16N6. The highest BCUT2D eigenvalue weighted by Crippen LogP contribution is 2.26. The number of fused-ring (bicyclic) bond motifs is 1. The van der Waals surface area contributed by atoms with Crippen LogP contribution >= 0.6 is 0 Å². The van der Waals surface area contributed by atoms with Crippen LogP contribution in [-0.4, -0.2) is 24.3 Å². The fourth-order valence-corrected chi connectivity index (χ4v) is 2.51. The van der Waals surface area contributed by atoms with Gasteiger partial charge in [-0.2, -0.15) is 10.4 Å². The number of benzene rings is 1. The van der Waals surface area contributed by atoms with Crippen LogP contribution in [0.25, 0.3) is 11.0 Å². The number of rotatable bonds is 2. The van der Waals surface area contributed by atoms with E-state index in [1.807, 2.05) is 18.2 Å². The van der Waals surface area contributed by atoms with Crippen LogP contribution in [0.2, 0.25) is 0 Å². The summed E-state index contributed by atoms with van der Waals surface area (Å²) in [5, 5.41) is 13.2. The van der Waals surface area contributed by atoms with Crippen molar-refractivity contribution in [1.82, 2.24) is 24.3 Å². The zero-order valence-electron chi connectivity index (χ0n) is 12.3. The lowest BCUT2D eigenvalue weighted by molar-refractivity contribution is 0.388. The molecular weight excluding hydrogens is 264 g/mol. The molecule has 2 heterocycles. The van der Waals surface area contributed by atoms with Crippen molar-refractivity contribution in [2.24, 2.45) is 0 Å². The summed E-state index contributed by atoms with van der Waals surface area (Å²) < 4.78 is 3.93. The molecule has 3 aromatic rings. The largest absolute Gasteiger partial charge is 0.321 e. The highest BCUT2D eigenvalue weighted by atomic mass is 15.3. The van der Waals surface area contributed by atoms with Crippen molar-refractivity contribution >= 4 is 11.0 Å². The molecule has 0 aliphatic rings. The maximum absolute atomic E-state index is 9.03. The molecule has 0 aliphatic carbocycles. The Hall–Kier alpha value is -2.68. The van der Waals surface area contributed by atoms with Gasteiger partial charge in [0.1, 0.15) is 25.0 Å². The molecule has 0 bridgehead atoms. The Bertz CT molecular complexity index is 814. The van der Waals surface area contributed by atoms with Crippen LogP contribution in [0.3, 0.4) is 0 Å². The number of imidazole rings is 1. The minimum Gasteiger partial charge on any atom is -0.321 e. The third-order valence-corrected chi connectivity index (χ3v) is 3.29. The highest BCUT2D eigenvalue weighted by Gasteiger charge is 2.21. The van der Waals surface area contributed by atoms with Gasteiger partial charge in [-0.1, -0.05) is 0 Å². The van der Waals surface area contributed by atoms with Gasteiger partial charge in [-0.25, -0.2) is 14.6 Å². The molecule has 0 N–H and O–H groups in total. The number of hydrogen-bond acceptors (Lipinski definition) is 4. The van der Waals surface area contributed by atoms with Crippen molar-refractivity contribution in [3.05, 3.63) is 42.2 Å². The summed E-state index contributed by atoms with van der Waals surface area (Å²) in [4.78, 5) is 8.65. The normalized spacial score (nSPS) is 11.7. The van der Waals surface area contributed by atoms with Crippen LogP contribution in [0.5, 0.6) is 0 Å². The van der Waals surface area contributed by atoms with Gasteiger partial charge in [-0.15, -0.1) is 0 Å². The lowest BCUT2D eigenvalue weighted by atomic mass is 10.1. The number of hydrogen-bond donors (Lipinski definition) is 0. The van der Waals surface area contributed by atoms with E-state index in [4.69, 9.17) is 5.26 Å². The van der Waals surface area contributed by atoms with E-state index in [0.717, 1.165) is 16.9 Å². The summed E-state index contributed by atoms with van der Waals surface area (Å²) in [5.41, 5.74) is 2.36. The van der Waals surface area contributed by atoms with Crippen molar-refractivity contribution in [1.29, 1.82) is 5.26 Å². The number of aromatic nitrogens is 5. The van der Waals surface area contributed by atoms with Crippen LogP contribution in [0.4, 0.5) is 0 Å². The average Bonchev–Trinajstić information content (AvgIpc) is 3.03. The molecule has 106 valence electrons. The van der Waals surface area contributed by atoms with Crippen molar-refractivity contribution in [2.75, 3.05) is 0 Å². The predicted molar refractivity (Wildman–Crippen MR) is 78.6 cm³/mol. The van der Waals surface area contributed by atoms with E-state index in [1.165, 1.54) is 6.33 Å². The molecule has 2 aromatic heterocycles. The van der Waals surface area contributed by atoms with Crippen molar-refractivity contribution in [2.45, 2.75) is 32.9 Å². The Morgan fingerprint density at radius 3 is 2.71 bits per heavy atom. The van der Waals surface area contributed by atoms with Crippen LogP contribution in [-0.2, 0) is 12.1 Å². The van der Waals surface area contributed by atoms with Gasteiger partial charge in [0.15, 0.2) is 0 Å². The molecule has 0 saturated heterocycles. The minimum absolute atomic E-state index is 0.112. The zero-order chi connectivity index (χ0) is 15.0. The van der Waals surface area contributed by atoms with E-state index in [1.54, 1.807) is 11.0 Å². The lowest BCUT2D eigenvalue weighted by Crippen LogP contribution is -2.25. The van der Waals surface area contributed by atoms with E-state index >= 15 is 0 Å². The Balaban J connectivity index is 2.20. The molecule has 0 aliphatic heterocycles. The maximum atomic E-state index is 9.03. The molecule has 0 spiro atoms. The van der Waals surface area contributed by atoms with Gasteiger partial charge in [-0.3, -0.25) is 0 Å². The number of nitriles is 1. The number of nitrogens with zero attached hydrogens (tertiary/aromatic N) is 6. The van der Waals surface area contributed by atoms with Gasteiger partial charge >= 0.3 is 0 Å². The van der Waals surface area contributed by atoms with Gasteiger partial charge in [0.05, 0.1) is 22.7 Å². The van der Waals surface area contributed by atoms with Gasteiger partial charge < -0.3 is 4.57 Å². The average molecular weight is 280 g/mol. The molecule has 21 heavy (non-hydrogen) atoms. The lowest BCUT2D eigenvalue weighted by Gasteiger charge is -2.24. The van der Waals surface area contributed by atoms with E-state index in [2.05, 4.69) is 46.5 Å². The van der Waals surface area contributed by atoms with Crippen LogP contribution in [0, 0.1) is 11.3 Å². The Kier molecular flexibility index (Phi) is 2.98. The summed E-state index contributed by atoms with van der Waals surface area (Å²) in [7, 11) is 0. The summed E-state index contributed by atoms with van der Waals surface area (Å²) in [6.07, 6.45) is 3.19. The van der Waals surface area contributed by atoms with E-state index in [-0.39, 0.29) is 5.54 Å². The third kappa shape index (κ3) is 2.38. The standard InChI is InChI=1S/C15H16N6/c1-15(2,3)21-13-5-4-11(7-16)6-12(13)19-14(21)8-20-10-17-9-18-20/h4-6,9-10H,8H2,1-3H3. The van der Waals surface area contributed by atoms with Crippen molar-refractivity contribution in [3.63, 3.8) is 0 Å². The second kappa shape index (κ2) is 4.70. The van der Waals surface area contributed by atoms with Crippen molar-refractivity contribution < 1.29 is 0 Å². The highest BCUT2D eigenvalue weighted by molar-refractivity contribution is 5.78. The molecule has 0 atom stereocenters. The Morgan fingerprint density at radius 1 is 1.29 bits per heavy atom. The minimum atomic E-state index is -0.112. The molecule has 0 unspecified atom stereocenters. The third-order valence-electron chi connectivity index (χ3n) is 3.29. The van der Waals surface area contributed by atoms with Gasteiger partial charge in [0.25, 0.3) is 0 Å². The van der Waals surface area contributed by atoms with Crippen LogP contribution in [0.1, 0.15) is 32.2 Å². The molecule has 0 saturated carbocycles. The van der Waals surface area contributed by atoms with Crippen molar-refractivity contribution in [3.8, 4) is 6.07 Å².